The molecule has 0 saturated carbocycles. The van der Waals surface area contributed by atoms with Gasteiger partial charge in [0.2, 0.25) is 5.91 Å². The summed E-state index contributed by atoms with van der Waals surface area (Å²) in [5.74, 6) is 1.16. The van der Waals surface area contributed by atoms with Crippen molar-refractivity contribution in [3.05, 3.63) is 53.6 Å². The molecule has 0 aliphatic carbocycles. The molecule has 1 aromatic heterocycles. The van der Waals surface area contributed by atoms with Crippen molar-refractivity contribution in [2.45, 2.75) is 45.8 Å². The van der Waals surface area contributed by atoms with Crippen molar-refractivity contribution in [3.63, 3.8) is 0 Å². The highest BCUT2D eigenvalue weighted by Gasteiger charge is 2.24. The van der Waals surface area contributed by atoms with Gasteiger partial charge in [0, 0.05) is 45.0 Å². The van der Waals surface area contributed by atoms with Crippen molar-refractivity contribution in [2.24, 2.45) is 0 Å². The van der Waals surface area contributed by atoms with Gasteiger partial charge in [0.25, 0.3) is 0 Å². The SMILES string of the molecule is CCc1nccn1CCNC(=O)[C@H](C)N1CCc2ccccc2C1. The molecule has 24 heavy (non-hydrogen) atoms. The van der Waals surface area contributed by atoms with E-state index in [0.717, 1.165) is 38.3 Å². The molecule has 1 aromatic carbocycles. The third-order valence-electron chi connectivity index (χ3n) is 4.86. The largest absolute Gasteiger partial charge is 0.353 e. The molecule has 128 valence electrons. The van der Waals surface area contributed by atoms with E-state index >= 15 is 0 Å². The summed E-state index contributed by atoms with van der Waals surface area (Å²) in [6.45, 7) is 7.28. The zero-order valence-electron chi connectivity index (χ0n) is 14.5. The summed E-state index contributed by atoms with van der Waals surface area (Å²) in [5, 5.41) is 3.06. The van der Waals surface area contributed by atoms with Crippen LogP contribution in [0, 0.1) is 0 Å². The second kappa shape index (κ2) is 7.62. The van der Waals surface area contributed by atoms with Crippen LogP contribution in [-0.2, 0) is 30.7 Å². The van der Waals surface area contributed by atoms with Gasteiger partial charge in [-0.15, -0.1) is 0 Å². The summed E-state index contributed by atoms with van der Waals surface area (Å²) in [5.41, 5.74) is 2.75. The average molecular weight is 326 g/mol. The van der Waals surface area contributed by atoms with Crippen LogP contribution in [0.5, 0.6) is 0 Å². The standard InChI is InChI=1S/C19H26N4O/c1-3-18-20-9-12-22(18)13-10-21-19(24)15(2)23-11-8-16-6-4-5-7-17(16)14-23/h4-7,9,12,15H,3,8,10-11,13-14H2,1-2H3,(H,21,24)/t15-/m0/s1. The van der Waals surface area contributed by atoms with Gasteiger partial charge in [0.1, 0.15) is 5.82 Å². The zero-order chi connectivity index (χ0) is 16.9. The van der Waals surface area contributed by atoms with Crippen molar-refractivity contribution < 1.29 is 4.79 Å². The maximum atomic E-state index is 12.5. The van der Waals surface area contributed by atoms with Crippen molar-refractivity contribution in [3.8, 4) is 0 Å². The number of hydrogen-bond donors (Lipinski definition) is 1. The van der Waals surface area contributed by atoms with Gasteiger partial charge in [-0.3, -0.25) is 9.69 Å². The summed E-state index contributed by atoms with van der Waals surface area (Å²) in [4.78, 5) is 19.0. The fourth-order valence-electron chi connectivity index (χ4n) is 3.32. The lowest BCUT2D eigenvalue weighted by Crippen LogP contribution is -2.47. The minimum atomic E-state index is -0.105. The van der Waals surface area contributed by atoms with E-state index in [-0.39, 0.29) is 11.9 Å². The molecule has 1 amide bonds. The van der Waals surface area contributed by atoms with E-state index in [0.29, 0.717) is 6.54 Å². The average Bonchev–Trinajstić information content (AvgIpc) is 3.08. The van der Waals surface area contributed by atoms with Crippen LogP contribution in [-0.4, -0.2) is 39.5 Å². The first-order valence-electron chi connectivity index (χ1n) is 8.77. The molecule has 1 aliphatic rings. The smallest absolute Gasteiger partial charge is 0.237 e. The quantitative estimate of drug-likeness (QED) is 0.883. The van der Waals surface area contributed by atoms with Gasteiger partial charge in [-0.2, -0.15) is 0 Å². The maximum absolute atomic E-state index is 12.5. The minimum Gasteiger partial charge on any atom is -0.353 e. The highest BCUT2D eigenvalue weighted by atomic mass is 16.2. The molecule has 1 N–H and O–H groups in total. The first-order chi connectivity index (χ1) is 11.7. The van der Waals surface area contributed by atoms with Gasteiger partial charge in [-0.05, 0) is 24.5 Å². The molecular weight excluding hydrogens is 300 g/mol. The van der Waals surface area contributed by atoms with Gasteiger partial charge < -0.3 is 9.88 Å². The summed E-state index contributed by atoms with van der Waals surface area (Å²) in [7, 11) is 0. The molecule has 0 radical (unpaired) electrons. The Kier molecular flexibility index (Phi) is 5.30. The molecule has 5 nitrogen and oxygen atoms in total. The van der Waals surface area contributed by atoms with E-state index < -0.39 is 0 Å². The Balaban J connectivity index is 1.50. The van der Waals surface area contributed by atoms with Crippen LogP contribution < -0.4 is 5.32 Å². The number of amides is 1. The molecule has 0 fully saturated rings. The van der Waals surface area contributed by atoms with E-state index in [2.05, 4.69) is 51.0 Å². The maximum Gasteiger partial charge on any atom is 0.237 e. The number of benzene rings is 1. The summed E-state index contributed by atoms with van der Waals surface area (Å²) < 4.78 is 2.10. The van der Waals surface area contributed by atoms with Gasteiger partial charge in [0.05, 0.1) is 6.04 Å². The fraction of sp³-hybridized carbons (Fsp3) is 0.474. The number of rotatable bonds is 6. The van der Waals surface area contributed by atoms with E-state index in [1.165, 1.54) is 11.1 Å². The monoisotopic (exact) mass is 326 g/mol. The van der Waals surface area contributed by atoms with Crippen LogP contribution >= 0.6 is 0 Å². The molecule has 2 heterocycles. The van der Waals surface area contributed by atoms with Crippen molar-refractivity contribution in [1.29, 1.82) is 0 Å². The Morgan fingerprint density at radius 3 is 2.92 bits per heavy atom. The number of nitrogens with zero attached hydrogens (tertiary/aromatic N) is 3. The molecule has 2 aromatic rings. The Morgan fingerprint density at radius 1 is 1.33 bits per heavy atom. The lowest BCUT2D eigenvalue weighted by molar-refractivity contribution is -0.126. The predicted octanol–water partition coefficient (Wildman–Crippen LogP) is 2.01. The van der Waals surface area contributed by atoms with E-state index in [9.17, 15) is 4.79 Å². The highest BCUT2D eigenvalue weighted by molar-refractivity contribution is 5.81. The number of aryl methyl sites for hydroxylation is 1. The van der Waals surface area contributed by atoms with E-state index in [1.807, 2.05) is 19.3 Å². The lowest BCUT2D eigenvalue weighted by Gasteiger charge is -2.32. The second-order valence-electron chi connectivity index (χ2n) is 6.35. The topological polar surface area (TPSA) is 50.2 Å². The summed E-state index contributed by atoms with van der Waals surface area (Å²) >= 11 is 0. The highest BCUT2D eigenvalue weighted by Crippen LogP contribution is 2.20. The molecule has 0 saturated heterocycles. The minimum absolute atomic E-state index is 0.104. The number of imidazole rings is 1. The molecule has 3 rings (SSSR count). The number of carbonyl (C=O) groups is 1. The van der Waals surface area contributed by atoms with Crippen LogP contribution in [0.3, 0.4) is 0 Å². The normalized spacial score (nSPS) is 15.8. The van der Waals surface area contributed by atoms with Gasteiger partial charge in [-0.1, -0.05) is 31.2 Å². The van der Waals surface area contributed by atoms with E-state index in [4.69, 9.17) is 0 Å². The summed E-state index contributed by atoms with van der Waals surface area (Å²) in [6, 6.07) is 8.41. The first-order valence-corrected chi connectivity index (χ1v) is 8.77. The Bertz CT molecular complexity index is 694. The van der Waals surface area contributed by atoms with Gasteiger partial charge in [0.15, 0.2) is 0 Å². The van der Waals surface area contributed by atoms with Gasteiger partial charge in [-0.25, -0.2) is 4.98 Å². The van der Waals surface area contributed by atoms with Crippen LogP contribution in [0.15, 0.2) is 36.7 Å². The van der Waals surface area contributed by atoms with Crippen molar-refractivity contribution in [2.75, 3.05) is 13.1 Å². The molecule has 0 unspecified atom stereocenters. The fourth-order valence-corrected chi connectivity index (χ4v) is 3.32. The molecule has 1 aliphatic heterocycles. The van der Waals surface area contributed by atoms with Crippen LogP contribution in [0.1, 0.15) is 30.8 Å². The molecule has 0 bridgehead atoms. The van der Waals surface area contributed by atoms with Gasteiger partial charge >= 0.3 is 0 Å². The Hall–Kier alpha value is -2.14. The number of carbonyl (C=O) groups excluding carboxylic acids is 1. The summed E-state index contributed by atoms with van der Waals surface area (Å²) in [6.07, 6.45) is 5.71. The van der Waals surface area contributed by atoms with Crippen LogP contribution in [0.25, 0.3) is 0 Å². The molecule has 0 spiro atoms. The molecule has 1 atom stereocenters. The Morgan fingerprint density at radius 2 is 2.12 bits per heavy atom. The number of aromatic nitrogens is 2. The van der Waals surface area contributed by atoms with Crippen molar-refractivity contribution in [1.82, 2.24) is 19.8 Å². The number of hydrogen-bond acceptors (Lipinski definition) is 3. The second-order valence-corrected chi connectivity index (χ2v) is 6.35. The Labute approximate surface area is 143 Å². The van der Waals surface area contributed by atoms with Crippen LogP contribution in [0.4, 0.5) is 0 Å². The van der Waals surface area contributed by atoms with Crippen molar-refractivity contribution >= 4 is 5.91 Å². The third kappa shape index (κ3) is 3.67. The predicted molar refractivity (Wildman–Crippen MR) is 94.6 cm³/mol. The lowest BCUT2D eigenvalue weighted by atomic mass is 9.99. The molecular formula is C19H26N4O. The number of fused-ring (bicyclic) bond motifs is 1. The first kappa shape index (κ1) is 16.7. The number of nitrogens with one attached hydrogen (secondary N) is 1. The zero-order valence-corrected chi connectivity index (χ0v) is 14.5. The third-order valence-corrected chi connectivity index (χ3v) is 4.86. The van der Waals surface area contributed by atoms with Crippen LogP contribution in [0.2, 0.25) is 0 Å². The molecule has 5 heteroatoms. The van der Waals surface area contributed by atoms with E-state index in [1.54, 1.807) is 0 Å².